The van der Waals surface area contributed by atoms with Crippen LogP contribution in [0.25, 0.3) is 32.7 Å². The largest absolute Gasteiger partial charge is 0.507 e. The standard InChI is InChI=1S/C32H22N4O2/c37-31-25-17-9-7-15-23(25)29(35-33-21-11-3-1-4-12-21)19-27(31)28-20-30(36-34-22-13-5-2-6-14-22)24-16-8-10-18-26(24)32(28)38/h1-20,37-38H. The highest BCUT2D eigenvalue weighted by Gasteiger charge is 2.19. The topological polar surface area (TPSA) is 89.9 Å². The quantitative estimate of drug-likeness (QED) is 0.233. The van der Waals surface area contributed by atoms with Crippen molar-refractivity contribution in [2.45, 2.75) is 0 Å². The van der Waals surface area contributed by atoms with Crippen LogP contribution in [0.15, 0.2) is 142 Å². The average molecular weight is 495 g/mol. The maximum atomic E-state index is 11.4. The fourth-order valence-corrected chi connectivity index (χ4v) is 4.47. The van der Waals surface area contributed by atoms with E-state index in [1.165, 1.54) is 0 Å². The Kier molecular flexibility index (Phi) is 6.04. The van der Waals surface area contributed by atoms with Crippen LogP contribution in [0.4, 0.5) is 22.7 Å². The van der Waals surface area contributed by atoms with Crippen LogP contribution >= 0.6 is 0 Å². The third kappa shape index (κ3) is 4.35. The summed E-state index contributed by atoms with van der Waals surface area (Å²) in [6, 6.07) is 37.3. The molecule has 0 aromatic heterocycles. The average Bonchev–Trinajstić information content (AvgIpc) is 2.98. The van der Waals surface area contributed by atoms with Crippen LogP contribution < -0.4 is 0 Å². The number of hydrogen-bond acceptors (Lipinski definition) is 6. The molecule has 0 saturated heterocycles. The third-order valence-corrected chi connectivity index (χ3v) is 6.34. The van der Waals surface area contributed by atoms with Gasteiger partial charge >= 0.3 is 0 Å². The van der Waals surface area contributed by atoms with Crippen molar-refractivity contribution in [3.05, 3.63) is 121 Å². The first-order chi connectivity index (χ1) is 18.7. The predicted molar refractivity (Wildman–Crippen MR) is 151 cm³/mol. The monoisotopic (exact) mass is 494 g/mol. The van der Waals surface area contributed by atoms with E-state index < -0.39 is 0 Å². The Morgan fingerprint density at radius 3 is 1.11 bits per heavy atom. The zero-order valence-corrected chi connectivity index (χ0v) is 20.2. The highest BCUT2D eigenvalue weighted by atomic mass is 16.3. The zero-order chi connectivity index (χ0) is 25.9. The van der Waals surface area contributed by atoms with Crippen LogP contribution in [0.2, 0.25) is 0 Å². The third-order valence-electron chi connectivity index (χ3n) is 6.34. The second kappa shape index (κ2) is 9.95. The van der Waals surface area contributed by atoms with E-state index in [1.54, 1.807) is 12.1 Å². The van der Waals surface area contributed by atoms with Gasteiger partial charge in [-0.2, -0.15) is 10.2 Å². The summed E-state index contributed by atoms with van der Waals surface area (Å²) in [6.45, 7) is 0. The van der Waals surface area contributed by atoms with Gasteiger partial charge in [0.05, 0.1) is 22.7 Å². The molecule has 6 aromatic carbocycles. The fraction of sp³-hybridized carbons (Fsp3) is 0. The molecule has 0 spiro atoms. The summed E-state index contributed by atoms with van der Waals surface area (Å²) in [5.41, 5.74) is 3.40. The van der Waals surface area contributed by atoms with Crippen molar-refractivity contribution in [1.29, 1.82) is 0 Å². The summed E-state index contributed by atoms with van der Waals surface area (Å²) in [7, 11) is 0. The molecule has 0 fully saturated rings. The van der Waals surface area contributed by atoms with Crippen LogP contribution in [0.5, 0.6) is 11.5 Å². The minimum absolute atomic E-state index is 0.0378. The highest BCUT2D eigenvalue weighted by molar-refractivity contribution is 6.07. The summed E-state index contributed by atoms with van der Waals surface area (Å²) in [4.78, 5) is 0. The lowest BCUT2D eigenvalue weighted by molar-refractivity contribution is 0.475. The molecule has 0 radical (unpaired) electrons. The van der Waals surface area contributed by atoms with Crippen LogP contribution in [0, 0.1) is 0 Å². The molecule has 6 aromatic rings. The maximum absolute atomic E-state index is 11.4. The van der Waals surface area contributed by atoms with Gasteiger partial charge in [0, 0.05) is 32.7 Å². The predicted octanol–water partition coefficient (Wildman–Crippen LogP) is 9.90. The van der Waals surface area contributed by atoms with E-state index in [1.807, 2.05) is 109 Å². The summed E-state index contributed by atoms with van der Waals surface area (Å²) in [6.07, 6.45) is 0. The maximum Gasteiger partial charge on any atom is 0.131 e. The molecule has 2 N–H and O–H groups in total. The SMILES string of the molecule is Oc1c(-c2cc(N=Nc3ccccc3)c3ccccc3c2O)cc(N=Nc2ccccc2)c2ccccc12. The van der Waals surface area contributed by atoms with Gasteiger partial charge in [-0.3, -0.25) is 0 Å². The molecular weight excluding hydrogens is 472 g/mol. The van der Waals surface area contributed by atoms with Crippen LogP contribution in [0.3, 0.4) is 0 Å². The van der Waals surface area contributed by atoms with Gasteiger partial charge in [-0.1, -0.05) is 84.9 Å². The van der Waals surface area contributed by atoms with Gasteiger partial charge < -0.3 is 10.2 Å². The Morgan fingerprint density at radius 2 is 0.711 bits per heavy atom. The number of hydrogen-bond donors (Lipinski definition) is 2. The minimum atomic E-state index is 0.0378. The van der Waals surface area contributed by atoms with E-state index in [0.717, 1.165) is 10.8 Å². The van der Waals surface area contributed by atoms with Gasteiger partial charge in [0.2, 0.25) is 0 Å². The highest BCUT2D eigenvalue weighted by Crippen LogP contribution is 2.48. The molecule has 6 rings (SSSR count). The molecule has 0 saturated carbocycles. The Labute approximate surface area is 218 Å². The number of aromatic hydroxyl groups is 2. The Balaban J connectivity index is 1.57. The molecule has 0 heterocycles. The normalized spacial score (nSPS) is 11.7. The Morgan fingerprint density at radius 1 is 0.368 bits per heavy atom. The first-order valence-corrected chi connectivity index (χ1v) is 12.1. The van der Waals surface area contributed by atoms with E-state index in [-0.39, 0.29) is 11.5 Å². The molecule has 0 aliphatic rings. The van der Waals surface area contributed by atoms with Gasteiger partial charge in [-0.05, 0) is 36.4 Å². The number of fused-ring (bicyclic) bond motifs is 2. The lowest BCUT2D eigenvalue weighted by atomic mass is 9.94. The second-order valence-corrected chi connectivity index (χ2v) is 8.75. The van der Waals surface area contributed by atoms with Gasteiger partial charge in [0.1, 0.15) is 11.5 Å². The first kappa shape index (κ1) is 23.1. The summed E-state index contributed by atoms with van der Waals surface area (Å²) < 4.78 is 0. The lowest BCUT2D eigenvalue weighted by Gasteiger charge is -2.14. The van der Waals surface area contributed by atoms with Crippen LogP contribution in [0.1, 0.15) is 0 Å². The van der Waals surface area contributed by atoms with Gasteiger partial charge in [-0.25, -0.2) is 0 Å². The van der Waals surface area contributed by atoms with Crippen LogP contribution in [-0.4, -0.2) is 10.2 Å². The van der Waals surface area contributed by atoms with Gasteiger partial charge in [0.25, 0.3) is 0 Å². The van der Waals surface area contributed by atoms with E-state index >= 15 is 0 Å². The molecule has 0 unspecified atom stereocenters. The van der Waals surface area contributed by atoms with Crippen molar-refractivity contribution in [2.75, 3.05) is 0 Å². The summed E-state index contributed by atoms with van der Waals surface area (Å²) in [5.74, 6) is 0.0755. The van der Waals surface area contributed by atoms with Crippen molar-refractivity contribution in [3.8, 4) is 22.6 Å². The second-order valence-electron chi connectivity index (χ2n) is 8.75. The van der Waals surface area contributed by atoms with Crippen molar-refractivity contribution in [3.63, 3.8) is 0 Å². The van der Waals surface area contributed by atoms with Crippen molar-refractivity contribution >= 4 is 44.3 Å². The number of azo groups is 2. The fourth-order valence-electron chi connectivity index (χ4n) is 4.47. The summed E-state index contributed by atoms with van der Waals surface area (Å²) >= 11 is 0. The van der Waals surface area contributed by atoms with E-state index in [4.69, 9.17) is 0 Å². The molecule has 6 heteroatoms. The molecule has 6 nitrogen and oxygen atoms in total. The minimum Gasteiger partial charge on any atom is -0.507 e. The molecule has 0 bridgehead atoms. The van der Waals surface area contributed by atoms with Crippen molar-refractivity contribution < 1.29 is 10.2 Å². The molecular formula is C32H22N4O2. The molecule has 0 atom stereocenters. The van der Waals surface area contributed by atoms with Gasteiger partial charge in [0.15, 0.2) is 0 Å². The Bertz CT molecular complexity index is 1700. The number of phenols is 2. The van der Waals surface area contributed by atoms with Crippen molar-refractivity contribution in [2.24, 2.45) is 20.5 Å². The zero-order valence-electron chi connectivity index (χ0n) is 20.2. The van der Waals surface area contributed by atoms with Crippen molar-refractivity contribution in [1.82, 2.24) is 0 Å². The summed E-state index contributed by atoms with van der Waals surface area (Å²) in [5, 5.41) is 43.3. The number of rotatable bonds is 5. The Hall–Kier alpha value is -5.36. The van der Waals surface area contributed by atoms with Crippen LogP contribution in [-0.2, 0) is 0 Å². The molecule has 0 amide bonds. The number of nitrogens with zero attached hydrogens (tertiary/aromatic N) is 4. The molecule has 0 aliphatic heterocycles. The molecule has 182 valence electrons. The van der Waals surface area contributed by atoms with E-state index in [2.05, 4.69) is 20.5 Å². The number of benzene rings is 6. The molecule has 38 heavy (non-hydrogen) atoms. The van der Waals surface area contributed by atoms with Gasteiger partial charge in [-0.15, -0.1) is 10.2 Å². The number of phenolic OH excluding ortho intramolecular Hbond substituents is 2. The van der Waals surface area contributed by atoms with E-state index in [9.17, 15) is 10.2 Å². The smallest absolute Gasteiger partial charge is 0.131 e. The van der Waals surface area contributed by atoms with E-state index in [0.29, 0.717) is 44.6 Å². The lowest BCUT2D eigenvalue weighted by Crippen LogP contribution is -1.86. The molecule has 0 aliphatic carbocycles. The first-order valence-electron chi connectivity index (χ1n) is 12.1.